The van der Waals surface area contributed by atoms with Gasteiger partial charge in [-0.3, -0.25) is 9.59 Å². The smallest absolute Gasteiger partial charge is 0.282 e. The molecule has 1 saturated heterocycles. The molecule has 2 aromatic rings. The summed E-state index contributed by atoms with van der Waals surface area (Å²) >= 11 is 0. The molecule has 0 spiro atoms. The lowest BCUT2D eigenvalue weighted by Gasteiger charge is -2.21. The van der Waals surface area contributed by atoms with E-state index in [2.05, 4.69) is 0 Å². The van der Waals surface area contributed by atoms with Crippen molar-refractivity contribution in [2.75, 3.05) is 39.3 Å². The van der Waals surface area contributed by atoms with E-state index in [4.69, 9.17) is 14.2 Å². The van der Waals surface area contributed by atoms with Crippen molar-refractivity contribution in [3.05, 3.63) is 53.7 Å². The molecule has 2 aromatic carbocycles. The summed E-state index contributed by atoms with van der Waals surface area (Å²) in [7, 11) is 4.64. The Balaban J connectivity index is 1.82. The summed E-state index contributed by atoms with van der Waals surface area (Å²) in [5.74, 6) is 0.963. The fourth-order valence-electron chi connectivity index (χ4n) is 3.96. The lowest BCUT2D eigenvalue weighted by atomic mass is 10.0. The molecule has 0 radical (unpaired) electrons. The van der Waals surface area contributed by atoms with E-state index in [-0.39, 0.29) is 11.8 Å². The van der Waals surface area contributed by atoms with Gasteiger partial charge in [0.2, 0.25) is 0 Å². The molecule has 2 aliphatic rings. The molecule has 0 N–H and O–H groups in total. The van der Waals surface area contributed by atoms with Crippen LogP contribution in [0.4, 0.5) is 5.69 Å². The van der Waals surface area contributed by atoms with Crippen molar-refractivity contribution in [3.63, 3.8) is 0 Å². The first-order valence-electron chi connectivity index (χ1n) is 9.83. The van der Waals surface area contributed by atoms with Gasteiger partial charge in [0, 0.05) is 19.2 Å². The Morgan fingerprint density at radius 2 is 1.40 bits per heavy atom. The van der Waals surface area contributed by atoms with Crippen molar-refractivity contribution in [2.24, 2.45) is 0 Å². The van der Waals surface area contributed by atoms with Crippen LogP contribution in [-0.2, 0) is 9.59 Å². The summed E-state index contributed by atoms with van der Waals surface area (Å²) in [5.41, 5.74) is 1.93. The Labute approximate surface area is 175 Å². The minimum Gasteiger partial charge on any atom is -0.497 e. The van der Waals surface area contributed by atoms with Gasteiger partial charge in [0.25, 0.3) is 11.8 Å². The van der Waals surface area contributed by atoms with Gasteiger partial charge in [0.15, 0.2) is 0 Å². The topological polar surface area (TPSA) is 68.3 Å². The Hall–Kier alpha value is -3.48. The molecule has 7 nitrogen and oxygen atoms in total. The van der Waals surface area contributed by atoms with Gasteiger partial charge in [-0.25, -0.2) is 4.90 Å². The molecular weight excluding hydrogens is 384 g/mol. The molecular formula is C23H24N2O5. The SMILES string of the molecule is COc1ccc(C2=C(N3CCCC3)C(=O)N(c3ccc(OC)cc3OC)C2=O)cc1. The predicted molar refractivity (Wildman–Crippen MR) is 113 cm³/mol. The van der Waals surface area contributed by atoms with Crippen molar-refractivity contribution >= 4 is 23.1 Å². The van der Waals surface area contributed by atoms with E-state index in [0.29, 0.717) is 39.8 Å². The van der Waals surface area contributed by atoms with Crippen LogP contribution in [0.25, 0.3) is 5.57 Å². The number of hydrogen-bond acceptors (Lipinski definition) is 6. The van der Waals surface area contributed by atoms with E-state index >= 15 is 0 Å². The van der Waals surface area contributed by atoms with Gasteiger partial charge < -0.3 is 19.1 Å². The molecule has 156 valence electrons. The number of nitrogens with zero attached hydrogens (tertiary/aromatic N) is 2. The van der Waals surface area contributed by atoms with E-state index in [0.717, 1.165) is 25.9 Å². The monoisotopic (exact) mass is 408 g/mol. The van der Waals surface area contributed by atoms with Crippen LogP contribution >= 0.6 is 0 Å². The van der Waals surface area contributed by atoms with Gasteiger partial charge in [-0.05, 0) is 42.7 Å². The van der Waals surface area contributed by atoms with Crippen LogP contribution in [0, 0.1) is 0 Å². The fourth-order valence-corrected chi connectivity index (χ4v) is 3.96. The first-order valence-corrected chi connectivity index (χ1v) is 9.83. The highest BCUT2D eigenvalue weighted by Crippen LogP contribution is 2.40. The van der Waals surface area contributed by atoms with Crippen LogP contribution in [0.3, 0.4) is 0 Å². The maximum atomic E-state index is 13.6. The quantitative estimate of drug-likeness (QED) is 0.685. The molecule has 2 aliphatic heterocycles. The number of benzene rings is 2. The van der Waals surface area contributed by atoms with Gasteiger partial charge in [0.1, 0.15) is 22.9 Å². The van der Waals surface area contributed by atoms with Crippen LogP contribution in [0.15, 0.2) is 48.2 Å². The molecule has 4 rings (SSSR count). The van der Waals surface area contributed by atoms with Crippen molar-refractivity contribution in [1.82, 2.24) is 4.90 Å². The maximum Gasteiger partial charge on any atom is 0.282 e. The van der Waals surface area contributed by atoms with Gasteiger partial charge in [-0.2, -0.15) is 0 Å². The van der Waals surface area contributed by atoms with Crippen LogP contribution in [0.2, 0.25) is 0 Å². The Bertz CT molecular complexity index is 1010. The zero-order valence-corrected chi connectivity index (χ0v) is 17.3. The standard InChI is InChI=1S/C23H24N2O5/c1-28-16-8-6-15(7-9-16)20-21(24-12-4-5-13-24)23(27)25(22(20)26)18-11-10-17(29-2)14-19(18)30-3/h6-11,14H,4-5,12-13H2,1-3H3. The van der Waals surface area contributed by atoms with Gasteiger partial charge in [0.05, 0.1) is 32.6 Å². The molecule has 1 fully saturated rings. The van der Waals surface area contributed by atoms with E-state index in [1.807, 2.05) is 17.0 Å². The highest BCUT2D eigenvalue weighted by Gasteiger charge is 2.44. The van der Waals surface area contributed by atoms with E-state index < -0.39 is 0 Å². The highest BCUT2D eigenvalue weighted by molar-refractivity contribution is 6.45. The minimum absolute atomic E-state index is 0.337. The Kier molecular flexibility index (Phi) is 5.35. The number of hydrogen-bond donors (Lipinski definition) is 0. The molecule has 7 heteroatoms. The van der Waals surface area contributed by atoms with Crippen molar-refractivity contribution in [2.45, 2.75) is 12.8 Å². The average molecular weight is 408 g/mol. The van der Waals surface area contributed by atoms with Crippen LogP contribution in [0.1, 0.15) is 18.4 Å². The summed E-state index contributed by atoms with van der Waals surface area (Å²) in [6.45, 7) is 1.50. The number of carbonyl (C=O) groups is 2. The zero-order chi connectivity index (χ0) is 21.3. The second-order valence-corrected chi connectivity index (χ2v) is 7.13. The average Bonchev–Trinajstić information content (AvgIpc) is 3.39. The Morgan fingerprint density at radius 1 is 0.767 bits per heavy atom. The van der Waals surface area contributed by atoms with E-state index in [9.17, 15) is 9.59 Å². The largest absolute Gasteiger partial charge is 0.497 e. The number of imide groups is 1. The van der Waals surface area contributed by atoms with Gasteiger partial charge >= 0.3 is 0 Å². The predicted octanol–water partition coefficient (Wildman–Crippen LogP) is 3.09. The summed E-state index contributed by atoms with van der Waals surface area (Å²) in [4.78, 5) is 30.3. The number of amides is 2. The summed E-state index contributed by atoms with van der Waals surface area (Å²) in [5, 5.41) is 0. The molecule has 0 bridgehead atoms. The number of anilines is 1. The first kappa shape index (κ1) is 19.8. The lowest BCUT2D eigenvalue weighted by Crippen LogP contribution is -2.34. The third-order valence-corrected chi connectivity index (χ3v) is 5.49. The first-order chi connectivity index (χ1) is 14.6. The number of methoxy groups -OCH3 is 3. The van der Waals surface area contributed by atoms with Crippen LogP contribution < -0.4 is 19.1 Å². The molecule has 0 aromatic heterocycles. The fraction of sp³-hybridized carbons (Fsp3) is 0.304. The number of carbonyl (C=O) groups excluding carboxylic acids is 2. The van der Waals surface area contributed by atoms with Crippen molar-refractivity contribution < 1.29 is 23.8 Å². The van der Waals surface area contributed by atoms with E-state index in [1.165, 1.54) is 12.0 Å². The van der Waals surface area contributed by atoms with Crippen LogP contribution in [0.5, 0.6) is 17.2 Å². The lowest BCUT2D eigenvalue weighted by molar-refractivity contribution is -0.120. The summed E-state index contributed by atoms with van der Waals surface area (Å²) < 4.78 is 15.9. The molecule has 0 saturated carbocycles. The minimum atomic E-state index is -0.365. The maximum absolute atomic E-state index is 13.6. The molecule has 0 atom stereocenters. The second kappa shape index (κ2) is 8.10. The van der Waals surface area contributed by atoms with Crippen molar-refractivity contribution in [1.29, 1.82) is 0 Å². The normalized spacial score (nSPS) is 16.5. The van der Waals surface area contributed by atoms with Crippen molar-refractivity contribution in [3.8, 4) is 17.2 Å². The molecule has 0 unspecified atom stereocenters. The molecule has 0 aliphatic carbocycles. The second-order valence-electron chi connectivity index (χ2n) is 7.13. The zero-order valence-electron chi connectivity index (χ0n) is 17.3. The third-order valence-electron chi connectivity index (χ3n) is 5.49. The molecule has 2 heterocycles. The van der Waals surface area contributed by atoms with E-state index in [1.54, 1.807) is 44.6 Å². The number of ether oxygens (including phenoxy) is 3. The molecule has 30 heavy (non-hydrogen) atoms. The summed E-state index contributed by atoms with van der Waals surface area (Å²) in [6.07, 6.45) is 1.99. The number of rotatable bonds is 6. The van der Waals surface area contributed by atoms with Crippen LogP contribution in [-0.4, -0.2) is 51.1 Å². The molecule has 2 amide bonds. The van der Waals surface area contributed by atoms with Gasteiger partial charge in [-0.15, -0.1) is 0 Å². The number of likely N-dealkylation sites (tertiary alicyclic amines) is 1. The Morgan fingerprint density at radius 3 is 2.00 bits per heavy atom. The highest BCUT2D eigenvalue weighted by atomic mass is 16.5. The third kappa shape index (κ3) is 3.26. The van der Waals surface area contributed by atoms with Gasteiger partial charge in [-0.1, -0.05) is 12.1 Å². The summed E-state index contributed by atoms with van der Waals surface area (Å²) in [6, 6.07) is 12.2.